The smallest absolute Gasteiger partial charge is 0.185 e. The third-order valence-electron chi connectivity index (χ3n) is 4.74. The number of hydrogen-bond donors (Lipinski definition) is 1. The highest BCUT2D eigenvalue weighted by Crippen LogP contribution is 2.46. The molecule has 0 radical (unpaired) electrons. The molecule has 18 heavy (non-hydrogen) atoms. The van der Waals surface area contributed by atoms with Gasteiger partial charge in [0.15, 0.2) is 5.13 Å². The number of thiazole rings is 1. The van der Waals surface area contributed by atoms with Gasteiger partial charge < -0.3 is 10.6 Å². The molecule has 4 heteroatoms. The van der Waals surface area contributed by atoms with Crippen LogP contribution in [0.25, 0.3) is 0 Å². The second-order valence-corrected chi connectivity index (χ2v) is 6.87. The first-order valence-electron chi connectivity index (χ1n) is 7.15. The van der Waals surface area contributed by atoms with Crippen molar-refractivity contribution in [1.29, 1.82) is 0 Å². The standard InChI is InChI=1S/C14H23N3S/c1-11(15)12-10-18-13(16-12)17-8-6-14(7-9-17)4-2-3-5-14/h10-11H,2-9,15H2,1H3. The van der Waals surface area contributed by atoms with Crippen molar-refractivity contribution in [1.82, 2.24) is 4.98 Å². The first kappa shape index (κ1) is 12.4. The van der Waals surface area contributed by atoms with E-state index >= 15 is 0 Å². The van der Waals surface area contributed by atoms with Gasteiger partial charge in [-0.1, -0.05) is 12.8 Å². The normalized spacial score (nSPS) is 24.7. The average Bonchev–Trinajstić information content (AvgIpc) is 3.00. The molecule has 2 heterocycles. The molecule has 1 aromatic rings. The van der Waals surface area contributed by atoms with Gasteiger partial charge in [-0.3, -0.25) is 0 Å². The Kier molecular flexibility index (Phi) is 3.32. The Labute approximate surface area is 113 Å². The van der Waals surface area contributed by atoms with Crippen LogP contribution >= 0.6 is 11.3 Å². The van der Waals surface area contributed by atoms with E-state index in [2.05, 4.69) is 15.3 Å². The van der Waals surface area contributed by atoms with Crippen LogP contribution < -0.4 is 10.6 Å². The minimum atomic E-state index is 0.0564. The minimum Gasteiger partial charge on any atom is -0.348 e. The Morgan fingerprint density at radius 3 is 2.50 bits per heavy atom. The summed E-state index contributed by atoms with van der Waals surface area (Å²) >= 11 is 1.75. The Morgan fingerprint density at radius 2 is 1.94 bits per heavy atom. The van der Waals surface area contributed by atoms with Gasteiger partial charge in [0.1, 0.15) is 0 Å². The lowest BCUT2D eigenvalue weighted by molar-refractivity contribution is 0.226. The van der Waals surface area contributed by atoms with Gasteiger partial charge in [0.25, 0.3) is 0 Å². The summed E-state index contributed by atoms with van der Waals surface area (Å²) in [5.74, 6) is 0. The molecule has 2 N–H and O–H groups in total. The van der Waals surface area contributed by atoms with Crippen LogP contribution in [0.2, 0.25) is 0 Å². The molecule has 1 saturated carbocycles. The van der Waals surface area contributed by atoms with Gasteiger partial charge in [-0.15, -0.1) is 11.3 Å². The van der Waals surface area contributed by atoms with E-state index in [1.165, 1.54) is 56.7 Å². The summed E-state index contributed by atoms with van der Waals surface area (Å²) in [6.07, 6.45) is 8.55. The van der Waals surface area contributed by atoms with Crippen molar-refractivity contribution in [2.24, 2.45) is 11.1 Å². The van der Waals surface area contributed by atoms with Crippen molar-refractivity contribution >= 4 is 16.5 Å². The predicted molar refractivity (Wildman–Crippen MR) is 77.1 cm³/mol. The molecule has 1 spiro atoms. The molecular formula is C14H23N3S. The molecule has 1 saturated heterocycles. The first-order valence-corrected chi connectivity index (χ1v) is 8.03. The van der Waals surface area contributed by atoms with Crippen molar-refractivity contribution < 1.29 is 0 Å². The molecule has 1 unspecified atom stereocenters. The molecule has 0 amide bonds. The number of nitrogens with two attached hydrogens (primary N) is 1. The SMILES string of the molecule is CC(N)c1csc(N2CCC3(CCCC3)CC2)n1. The quantitative estimate of drug-likeness (QED) is 0.892. The number of hydrogen-bond acceptors (Lipinski definition) is 4. The van der Waals surface area contributed by atoms with E-state index in [-0.39, 0.29) is 6.04 Å². The van der Waals surface area contributed by atoms with Crippen molar-refractivity contribution in [2.45, 2.75) is 51.5 Å². The maximum atomic E-state index is 5.88. The third kappa shape index (κ3) is 2.28. The van der Waals surface area contributed by atoms with Gasteiger partial charge in [0.05, 0.1) is 5.69 Å². The molecule has 100 valence electrons. The molecule has 0 aromatic carbocycles. The van der Waals surface area contributed by atoms with Crippen LogP contribution in [0, 0.1) is 5.41 Å². The molecular weight excluding hydrogens is 242 g/mol. The monoisotopic (exact) mass is 265 g/mol. The van der Waals surface area contributed by atoms with Gasteiger partial charge in [-0.25, -0.2) is 4.98 Å². The fourth-order valence-electron chi connectivity index (χ4n) is 3.43. The molecule has 2 aliphatic rings. The third-order valence-corrected chi connectivity index (χ3v) is 5.65. The van der Waals surface area contributed by atoms with Gasteiger partial charge in [-0.2, -0.15) is 0 Å². The van der Waals surface area contributed by atoms with Crippen LogP contribution in [0.3, 0.4) is 0 Å². The van der Waals surface area contributed by atoms with Crippen molar-refractivity contribution in [3.8, 4) is 0 Å². The number of rotatable bonds is 2. The summed E-state index contributed by atoms with van der Waals surface area (Å²) in [7, 11) is 0. The molecule has 0 bridgehead atoms. The van der Waals surface area contributed by atoms with Gasteiger partial charge in [-0.05, 0) is 38.0 Å². The van der Waals surface area contributed by atoms with Crippen molar-refractivity contribution in [2.75, 3.05) is 18.0 Å². The summed E-state index contributed by atoms with van der Waals surface area (Å²) in [6.45, 7) is 4.38. The number of aromatic nitrogens is 1. The predicted octanol–water partition coefficient (Wildman–Crippen LogP) is 3.32. The summed E-state index contributed by atoms with van der Waals surface area (Å²) < 4.78 is 0. The number of anilines is 1. The van der Waals surface area contributed by atoms with E-state index in [0.29, 0.717) is 5.41 Å². The van der Waals surface area contributed by atoms with Crippen LogP contribution in [0.4, 0.5) is 5.13 Å². The summed E-state index contributed by atoms with van der Waals surface area (Å²) in [6, 6.07) is 0.0564. The van der Waals surface area contributed by atoms with E-state index < -0.39 is 0 Å². The molecule has 3 nitrogen and oxygen atoms in total. The van der Waals surface area contributed by atoms with Crippen LogP contribution in [0.1, 0.15) is 57.2 Å². The molecule has 1 aliphatic heterocycles. The highest BCUT2D eigenvalue weighted by atomic mass is 32.1. The Morgan fingerprint density at radius 1 is 1.28 bits per heavy atom. The lowest BCUT2D eigenvalue weighted by atomic mass is 9.77. The van der Waals surface area contributed by atoms with E-state index in [1.807, 2.05) is 6.92 Å². The number of nitrogens with zero attached hydrogens (tertiary/aromatic N) is 2. The van der Waals surface area contributed by atoms with Gasteiger partial charge >= 0.3 is 0 Å². The minimum absolute atomic E-state index is 0.0564. The second-order valence-electron chi connectivity index (χ2n) is 6.04. The van der Waals surface area contributed by atoms with Crippen LogP contribution in [-0.2, 0) is 0 Å². The lowest BCUT2D eigenvalue weighted by Crippen LogP contribution is -2.38. The zero-order valence-corrected chi connectivity index (χ0v) is 12.0. The van der Waals surface area contributed by atoms with Crippen LogP contribution in [0.5, 0.6) is 0 Å². The van der Waals surface area contributed by atoms with E-state index in [1.54, 1.807) is 11.3 Å². The zero-order chi connectivity index (χ0) is 12.6. The first-order chi connectivity index (χ1) is 8.69. The number of piperidine rings is 1. The summed E-state index contributed by atoms with van der Waals surface area (Å²) in [4.78, 5) is 7.13. The molecule has 1 atom stereocenters. The fourth-order valence-corrected chi connectivity index (χ4v) is 4.41. The van der Waals surface area contributed by atoms with Crippen molar-refractivity contribution in [3.05, 3.63) is 11.1 Å². The molecule has 2 fully saturated rings. The highest BCUT2D eigenvalue weighted by molar-refractivity contribution is 7.13. The lowest BCUT2D eigenvalue weighted by Gasteiger charge is -2.39. The Balaban J connectivity index is 1.64. The summed E-state index contributed by atoms with van der Waals surface area (Å²) in [5, 5.41) is 3.29. The average molecular weight is 265 g/mol. The molecule has 1 aliphatic carbocycles. The van der Waals surface area contributed by atoms with Gasteiger partial charge in [0, 0.05) is 24.5 Å². The molecule has 1 aromatic heterocycles. The van der Waals surface area contributed by atoms with Crippen LogP contribution in [0.15, 0.2) is 5.38 Å². The maximum absolute atomic E-state index is 5.88. The van der Waals surface area contributed by atoms with E-state index in [4.69, 9.17) is 5.73 Å². The maximum Gasteiger partial charge on any atom is 0.185 e. The topological polar surface area (TPSA) is 42.1 Å². The van der Waals surface area contributed by atoms with E-state index in [0.717, 1.165) is 5.69 Å². The Hall–Kier alpha value is -0.610. The largest absolute Gasteiger partial charge is 0.348 e. The second kappa shape index (κ2) is 4.82. The Bertz CT molecular complexity index is 397. The molecule has 3 rings (SSSR count). The summed E-state index contributed by atoms with van der Waals surface area (Å²) in [5.41, 5.74) is 7.61. The van der Waals surface area contributed by atoms with Crippen LogP contribution in [-0.4, -0.2) is 18.1 Å². The van der Waals surface area contributed by atoms with E-state index in [9.17, 15) is 0 Å². The van der Waals surface area contributed by atoms with Gasteiger partial charge in [0.2, 0.25) is 0 Å². The fraction of sp³-hybridized carbons (Fsp3) is 0.786. The highest BCUT2D eigenvalue weighted by Gasteiger charge is 2.37. The zero-order valence-electron chi connectivity index (χ0n) is 11.2. The van der Waals surface area contributed by atoms with Crippen molar-refractivity contribution in [3.63, 3.8) is 0 Å².